The van der Waals surface area contributed by atoms with Crippen LogP contribution < -0.4 is 0 Å². The summed E-state index contributed by atoms with van der Waals surface area (Å²) in [5, 5.41) is 21.7. The predicted molar refractivity (Wildman–Crippen MR) is 147 cm³/mol. The van der Waals surface area contributed by atoms with Gasteiger partial charge in [0.2, 0.25) is 0 Å². The summed E-state index contributed by atoms with van der Waals surface area (Å²) in [5.74, 6) is 0.445. The van der Waals surface area contributed by atoms with Crippen molar-refractivity contribution >= 4 is 23.5 Å². The van der Waals surface area contributed by atoms with Gasteiger partial charge in [-0.15, -0.1) is 0 Å². The molecule has 0 bridgehead atoms. The highest BCUT2D eigenvalue weighted by Crippen LogP contribution is 2.50. The van der Waals surface area contributed by atoms with Crippen molar-refractivity contribution in [3.63, 3.8) is 0 Å². The van der Waals surface area contributed by atoms with Crippen molar-refractivity contribution in [2.45, 2.75) is 119 Å². The molecule has 1 aromatic rings. The molecule has 1 aromatic carbocycles. The van der Waals surface area contributed by atoms with E-state index in [2.05, 4.69) is 68.6 Å². The van der Waals surface area contributed by atoms with Gasteiger partial charge < -0.3 is 10.2 Å². The third-order valence-electron chi connectivity index (χ3n) is 7.73. The molecule has 0 aromatic heterocycles. The van der Waals surface area contributed by atoms with Crippen molar-refractivity contribution in [1.29, 1.82) is 0 Å². The summed E-state index contributed by atoms with van der Waals surface area (Å²) in [6, 6.07) is 9.37. The molecule has 5 atom stereocenters. The molecule has 2 aliphatic heterocycles. The summed E-state index contributed by atoms with van der Waals surface area (Å²) in [5.41, 5.74) is 3.31. The van der Waals surface area contributed by atoms with Crippen molar-refractivity contribution in [1.82, 2.24) is 0 Å². The van der Waals surface area contributed by atoms with Gasteiger partial charge in [0.1, 0.15) is 0 Å². The lowest BCUT2D eigenvalue weighted by Crippen LogP contribution is -2.19. The standard InChI is InChI=1S/C29H48O2S2/c1-22(20-30)10-6-11-23-12-7-17-27(32-23)25-15-4-5-16-26(25)28-18-8-13-24(33-28)14-9-19-29(2,3)21-31/h4-5,15-16,22-24,27-28,30-31H,6-14,17-21H2,1-3H3. The SMILES string of the molecule is CC(CO)CCCC1CCCC(c2ccccc2C2CCCC(CCCC(C)(C)CO)S2)S1. The Labute approximate surface area is 212 Å². The Kier molecular flexibility index (Phi) is 11.5. The van der Waals surface area contributed by atoms with Gasteiger partial charge in [-0.3, -0.25) is 0 Å². The van der Waals surface area contributed by atoms with Crippen LogP contribution in [0, 0.1) is 11.3 Å². The average molecular weight is 493 g/mol. The van der Waals surface area contributed by atoms with E-state index >= 15 is 0 Å². The van der Waals surface area contributed by atoms with Gasteiger partial charge >= 0.3 is 0 Å². The molecule has 0 spiro atoms. The van der Waals surface area contributed by atoms with Crippen LogP contribution in [0.3, 0.4) is 0 Å². The van der Waals surface area contributed by atoms with Crippen LogP contribution >= 0.6 is 23.5 Å². The van der Waals surface area contributed by atoms with E-state index in [-0.39, 0.29) is 5.41 Å². The Bertz CT molecular complexity index is 692. The number of aliphatic hydroxyl groups excluding tert-OH is 2. The molecule has 2 N–H and O–H groups in total. The van der Waals surface area contributed by atoms with Crippen LogP contribution in [0.2, 0.25) is 0 Å². The third kappa shape index (κ3) is 8.78. The first-order chi connectivity index (χ1) is 15.9. The molecule has 4 heteroatoms. The van der Waals surface area contributed by atoms with Crippen LogP contribution in [-0.4, -0.2) is 33.9 Å². The van der Waals surface area contributed by atoms with E-state index in [4.69, 9.17) is 0 Å². The van der Waals surface area contributed by atoms with E-state index in [1.54, 1.807) is 11.1 Å². The molecule has 2 heterocycles. The highest BCUT2D eigenvalue weighted by molar-refractivity contribution is 8.00. The summed E-state index contributed by atoms with van der Waals surface area (Å²) >= 11 is 4.49. The quantitative estimate of drug-likeness (QED) is 0.308. The summed E-state index contributed by atoms with van der Waals surface area (Å²) < 4.78 is 0. The highest BCUT2D eigenvalue weighted by atomic mass is 32.2. The third-order valence-corrected chi connectivity index (χ3v) is 11.1. The number of rotatable bonds is 12. The summed E-state index contributed by atoms with van der Waals surface area (Å²) in [6.07, 6.45) is 15.4. The Balaban J connectivity index is 1.57. The zero-order valence-electron chi connectivity index (χ0n) is 21.3. The van der Waals surface area contributed by atoms with Gasteiger partial charge in [0.05, 0.1) is 0 Å². The molecule has 0 amide bonds. The molecule has 0 aliphatic carbocycles. The van der Waals surface area contributed by atoms with Crippen LogP contribution in [0.25, 0.3) is 0 Å². The van der Waals surface area contributed by atoms with Gasteiger partial charge in [0, 0.05) is 34.2 Å². The monoisotopic (exact) mass is 492 g/mol. The lowest BCUT2D eigenvalue weighted by molar-refractivity contribution is 0.147. The second-order valence-corrected chi connectivity index (χ2v) is 14.4. The second kappa shape index (κ2) is 13.8. The summed E-state index contributed by atoms with van der Waals surface area (Å²) in [7, 11) is 0. The smallest absolute Gasteiger partial charge is 0.0482 e. The van der Waals surface area contributed by atoms with E-state index in [0.717, 1.165) is 23.3 Å². The van der Waals surface area contributed by atoms with Gasteiger partial charge in [-0.1, -0.05) is 70.7 Å². The molecular weight excluding hydrogens is 444 g/mol. The topological polar surface area (TPSA) is 40.5 Å². The molecular formula is C29H48O2S2. The van der Waals surface area contributed by atoms with Crippen molar-refractivity contribution in [3.8, 4) is 0 Å². The van der Waals surface area contributed by atoms with Crippen LogP contribution in [0.15, 0.2) is 24.3 Å². The first-order valence-corrected chi connectivity index (χ1v) is 15.4. The minimum absolute atomic E-state index is 0.0657. The van der Waals surface area contributed by atoms with E-state index in [0.29, 0.717) is 29.6 Å². The summed E-state index contributed by atoms with van der Waals surface area (Å²) in [6.45, 7) is 7.15. The lowest BCUT2D eigenvalue weighted by Gasteiger charge is -2.34. The van der Waals surface area contributed by atoms with E-state index < -0.39 is 0 Å². The normalized spacial score (nSPS) is 27.4. The van der Waals surface area contributed by atoms with Crippen LogP contribution in [-0.2, 0) is 0 Å². The molecule has 5 unspecified atom stereocenters. The maximum Gasteiger partial charge on any atom is 0.0482 e. The van der Waals surface area contributed by atoms with Gasteiger partial charge in [0.25, 0.3) is 0 Å². The first kappa shape index (κ1) is 27.4. The maximum absolute atomic E-state index is 9.56. The molecule has 0 saturated carbocycles. The van der Waals surface area contributed by atoms with Crippen LogP contribution in [0.4, 0.5) is 0 Å². The Morgan fingerprint density at radius 2 is 1.42 bits per heavy atom. The van der Waals surface area contributed by atoms with E-state index in [1.165, 1.54) is 64.2 Å². The zero-order valence-corrected chi connectivity index (χ0v) is 22.9. The Hall–Kier alpha value is -0.160. The second-order valence-electron chi connectivity index (χ2n) is 11.4. The molecule has 2 nitrogen and oxygen atoms in total. The minimum atomic E-state index is 0.0657. The van der Waals surface area contributed by atoms with E-state index in [1.807, 2.05) is 0 Å². The molecule has 0 radical (unpaired) electrons. The molecule has 2 saturated heterocycles. The average Bonchev–Trinajstić information content (AvgIpc) is 2.84. The van der Waals surface area contributed by atoms with Gasteiger partial charge in [-0.2, -0.15) is 23.5 Å². The maximum atomic E-state index is 9.56. The molecule has 188 valence electrons. The minimum Gasteiger partial charge on any atom is -0.396 e. The van der Waals surface area contributed by atoms with Crippen LogP contribution in [0.1, 0.15) is 119 Å². The van der Waals surface area contributed by atoms with Gasteiger partial charge in [-0.05, 0) is 73.8 Å². The van der Waals surface area contributed by atoms with Gasteiger partial charge in [0.15, 0.2) is 0 Å². The number of thioether (sulfide) groups is 2. The number of hydrogen-bond acceptors (Lipinski definition) is 4. The van der Waals surface area contributed by atoms with Gasteiger partial charge in [-0.25, -0.2) is 0 Å². The van der Waals surface area contributed by atoms with Crippen molar-refractivity contribution in [3.05, 3.63) is 35.4 Å². The molecule has 2 fully saturated rings. The molecule has 3 rings (SSSR count). The van der Waals surface area contributed by atoms with Crippen molar-refractivity contribution in [2.75, 3.05) is 13.2 Å². The molecule has 2 aliphatic rings. The Morgan fingerprint density at radius 3 is 1.94 bits per heavy atom. The predicted octanol–water partition coefficient (Wildman–Crippen LogP) is 8.33. The number of hydrogen-bond donors (Lipinski definition) is 2. The number of aliphatic hydroxyl groups is 2. The Morgan fingerprint density at radius 1 is 0.879 bits per heavy atom. The highest BCUT2D eigenvalue weighted by Gasteiger charge is 2.30. The largest absolute Gasteiger partial charge is 0.396 e. The van der Waals surface area contributed by atoms with Crippen LogP contribution in [0.5, 0.6) is 0 Å². The van der Waals surface area contributed by atoms with E-state index in [9.17, 15) is 10.2 Å². The van der Waals surface area contributed by atoms with Crippen molar-refractivity contribution < 1.29 is 10.2 Å². The van der Waals surface area contributed by atoms with Crippen molar-refractivity contribution in [2.24, 2.45) is 11.3 Å². The fourth-order valence-corrected chi connectivity index (χ4v) is 8.92. The first-order valence-electron chi connectivity index (χ1n) is 13.5. The fourth-order valence-electron chi connectivity index (χ4n) is 5.45. The fraction of sp³-hybridized carbons (Fsp3) is 0.793. The number of benzene rings is 1. The molecule has 33 heavy (non-hydrogen) atoms. The lowest BCUT2D eigenvalue weighted by atomic mass is 9.87. The summed E-state index contributed by atoms with van der Waals surface area (Å²) in [4.78, 5) is 0. The zero-order chi connectivity index (χ0) is 23.7.